The van der Waals surface area contributed by atoms with Crippen LogP contribution in [0.15, 0.2) is 41.8 Å². The summed E-state index contributed by atoms with van der Waals surface area (Å²) < 4.78 is 19.2. The molecule has 9 heteroatoms. The molecule has 1 saturated carbocycles. The van der Waals surface area contributed by atoms with Gasteiger partial charge in [-0.15, -0.1) is 11.3 Å². The maximum Gasteiger partial charge on any atom is 0.408 e. The van der Waals surface area contributed by atoms with E-state index in [0.29, 0.717) is 11.3 Å². The normalized spacial score (nSPS) is 21.1. The zero-order valence-electron chi connectivity index (χ0n) is 17.6. The summed E-state index contributed by atoms with van der Waals surface area (Å²) in [5.74, 6) is -2.02. The predicted molar refractivity (Wildman–Crippen MR) is 115 cm³/mol. The van der Waals surface area contributed by atoms with Crippen molar-refractivity contribution in [2.24, 2.45) is 5.73 Å². The first-order valence-electron chi connectivity index (χ1n) is 9.90. The molecule has 3 atom stereocenters. The van der Waals surface area contributed by atoms with Crippen molar-refractivity contribution in [3.8, 4) is 0 Å². The van der Waals surface area contributed by atoms with E-state index in [1.54, 1.807) is 26.2 Å². The van der Waals surface area contributed by atoms with Gasteiger partial charge in [-0.1, -0.05) is 30.3 Å². The summed E-state index contributed by atoms with van der Waals surface area (Å²) in [4.78, 5) is 38.0. The molecule has 3 unspecified atom stereocenters. The van der Waals surface area contributed by atoms with Gasteiger partial charge in [-0.3, -0.25) is 9.59 Å². The summed E-state index contributed by atoms with van der Waals surface area (Å²) in [6.07, 6.45) is -0.544. The number of carbonyl (C=O) groups excluding carboxylic acids is 3. The van der Waals surface area contributed by atoms with E-state index in [2.05, 4.69) is 10.6 Å². The van der Waals surface area contributed by atoms with Crippen LogP contribution in [0.2, 0.25) is 0 Å². The van der Waals surface area contributed by atoms with Crippen LogP contribution in [0.5, 0.6) is 0 Å². The van der Waals surface area contributed by atoms with Crippen molar-refractivity contribution in [1.29, 1.82) is 0 Å². The first-order chi connectivity index (χ1) is 14.5. The fourth-order valence-electron chi connectivity index (χ4n) is 3.45. The van der Waals surface area contributed by atoms with Crippen molar-refractivity contribution in [2.75, 3.05) is 0 Å². The fourth-order valence-corrected chi connectivity index (χ4v) is 4.24. The Labute approximate surface area is 184 Å². The molecule has 3 rings (SSSR count). The second-order valence-corrected chi connectivity index (χ2v) is 9.59. The van der Waals surface area contributed by atoms with E-state index >= 15 is 0 Å². The summed E-state index contributed by atoms with van der Waals surface area (Å²) in [7, 11) is 0. The number of hydrogen-bond acceptors (Lipinski definition) is 5. The van der Waals surface area contributed by atoms with Crippen LogP contribution >= 0.6 is 11.3 Å². The molecule has 7 nitrogen and oxygen atoms in total. The van der Waals surface area contributed by atoms with Crippen molar-refractivity contribution in [3.05, 3.63) is 58.0 Å². The molecule has 4 N–H and O–H groups in total. The van der Waals surface area contributed by atoms with Crippen molar-refractivity contribution < 1.29 is 23.5 Å². The third-order valence-corrected chi connectivity index (χ3v) is 5.96. The Balaban J connectivity index is 1.79. The Morgan fingerprint density at radius 1 is 1.26 bits per heavy atom. The molecule has 0 aliphatic heterocycles. The molecule has 1 aliphatic carbocycles. The number of hydrogen-bond donors (Lipinski definition) is 3. The number of primary amides is 1. The predicted octanol–water partition coefficient (Wildman–Crippen LogP) is 2.85. The molecule has 166 valence electrons. The van der Waals surface area contributed by atoms with E-state index in [4.69, 9.17) is 10.5 Å². The Morgan fingerprint density at radius 2 is 1.94 bits per heavy atom. The molecular formula is C22H26FN3O4S. The van der Waals surface area contributed by atoms with E-state index in [-0.39, 0.29) is 12.3 Å². The van der Waals surface area contributed by atoms with Crippen LogP contribution in [-0.2, 0) is 20.7 Å². The van der Waals surface area contributed by atoms with Gasteiger partial charge in [0.1, 0.15) is 23.0 Å². The molecular weight excluding hydrogens is 421 g/mol. The van der Waals surface area contributed by atoms with Gasteiger partial charge in [0.15, 0.2) is 0 Å². The minimum absolute atomic E-state index is 0.0839. The largest absolute Gasteiger partial charge is 0.444 e. The minimum atomic E-state index is -1.25. The average Bonchev–Trinajstić information content (AvgIpc) is 3.28. The highest BCUT2D eigenvalue weighted by atomic mass is 32.1. The number of amides is 3. The van der Waals surface area contributed by atoms with Crippen molar-refractivity contribution in [1.82, 2.24) is 10.6 Å². The van der Waals surface area contributed by atoms with Gasteiger partial charge < -0.3 is 21.1 Å². The van der Waals surface area contributed by atoms with E-state index in [1.807, 2.05) is 30.3 Å². The molecule has 1 aromatic carbocycles. The van der Waals surface area contributed by atoms with Crippen LogP contribution in [0, 0.1) is 5.82 Å². The van der Waals surface area contributed by atoms with Crippen molar-refractivity contribution in [3.63, 3.8) is 0 Å². The Morgan fingerprint density at radius 3 is 2.48 bits per heavy atom. The maximum absolute atomic E-state index is 14.0. The van der Waals surface area contributed by atoms with Gasteiger partial charge in [-0.2, -0.15) is 0 Å². The summed E-state index contributed by atoms with van der Waals surface area (Å²) in [5.41, 5.74) is 4.48. The van der Waals surface area contributed by atoms with Gasteiger partial charge in [0.2, 0.25) is 11.8 Å². The molecule has 1 aliphatic rings. The summed E-state index contributed by atoms with van der Waals surface area (Å²) >= 11 is 1.13. The van der Waals surface area contributed by atoms with Gasteiger partial charge in [-0.25, -0.2) is 9.18 Å². The molecule has 2 aromatic rings. The number of alkyl carbamates (subject to hydrolysis) is 1. The molecule has 1 aromatic heterocycles. The number of nitrogens with one attached hydrogen (secondary N) is 2. The first-order valence-corrected chi connectivity index (χ1v) is 10.8. The van der Waals surface area contributed by atoms with Crippen molar-refractivity contribution in [2.45, 2.75) is 56.7 Å². The lowest BCUT2D eigenvalue weighted by atomic mass is 10.0. The monoisotopic (exact) mass is 447 g/mol. The lowest BCUT2D eigenvalue weighted by molar-refractivity contribution is -0.129. The highest BCUT2D eigenvalue weighted by Crippen LogP contribution is 2.51. The number of benzene rings is 1. The lowest BCUT2D eigenvalue weighted by Gasteiger charge is -2.25. The van der Waals surface area contributed by atoms with Gasteiger partial charge >= 0.3 is 6.09 Å². The van der Waals surface area contributed by atoms with E-state index in [9.17, 15) is 18.8 Å². The summed E-state index contributed by atoms with van der Waals surface area (Å²) in [6, 6.07) is 9.40. The number of halogens is 1. The van der Waals surface area contributed by atoms with Crippen LogP contribution < -0.4 is 16.4 Å². The van der Waals surface area contributed by atoms with E-state index in [0.717, 1.165) is 16.9 Å². The lowest BCUT2D eigenvalue weighted by Crippen LogP contribution is -2.56. The van der Waals surface area contributed by atoms with Crippen LogP contribution in [0.1, 0.15) is 43.6 Å². The van der Waals surface area contributed by atoms with Gasteiger partial charge in [0, 0.05) is 17.2 Å². The highest BCUT2D eigenvalue weighted by Gasteiger charge is 2.61. The van der Waals surface area contributed by atoms with Crippen LogP contribution in [0.3, 0.4) is 0 Å². The highest BCUT2D eigenvalue weighted by molar-refractivity contribution is 7.09. The molecule has 3 amide bonds. The number of rotatable bonds is 7. The number of thiophene rings is 1. The zero-order chi connectivity index (χ0) is 22.8. The molecule has 31 heavy (non-hydrogen) atoms. The number of ether oxygens (including phenoxy) is 1. The van der Waals surface area contributed by atoms with Crippen LogP contribution in [0.4, 0.5) is 9.18 Å². The van der Waals surface area contributed by atoms with E-state index in [1.165, 1.54) is 6.07 Å². The van der Waals surface area contributed by atoms with Crippen LogP contribution in [0.25, 0.3) is 0 Å². The summed E-state index contributed by atoms with van der Waals surface area (Å²) in [5, 5.41) is 6.77. The molecule has 0 radical (unpaired) electrons. The van der Waals surface area contributed by atoms with Crippen molar-refractivity contribution >= 4 is 29.2 Å². The summed E-state index contributed by atoms with van der Waals surface area (Å²) in [6.45, 7) is 5.08. The molecule has 0 spiro atoms. The molecule has 0 saturated heterocycles. The quantitative estimate of drug-likeness (QED) is 0.606. The smallest absolute Gasteiger partial charge is 0.408 e. The molecule has 0 bridgehead atoms. The molecule has 1 fully saturated rings. The maximum atomic E-state index is 14.0. The minimum Gasteiger partial charge on any atom is -0.444 e. The molecule has 1 heterocycles. The first kappa shape index (κ1) is 22.7. The SMILES string of the molecule is CC(C)(C)OC(=O)NC(Cc1sccc1F)C(=O)NC1(C(N)=O)CC1c1ccccc1. The van der Waals surface area contributed by atoms with Crippen LogP contribution in [-0.4, -0.2) is 35.1 Å². The fraction of sp³-hybridized carbons (Fsp3) is 0.409. The second kappa shape index (κ2) is 8.66. The third-order valence-electron chi connectivity index (χ3n) is 5.04. The topological polar surface area (TPSA) is 111 Å². The van der Waals surface area contributed by atoms with Gasteiger partial charge in [0.05, 0.1) is 0 Å². The number of nitrogens with two attached hydrogens (primary N) is 1. The Hall–Kier alpha value is -2.94. The third kappa shape index (κ3) is 5.41. The standard InChI is InChI=1S/C22H26FN3O4S/c1-21(2,3)30-20(29)25-16(11-17-15(23)9-10-31-17)18(27)26-22(19(24)28)12-14(22)13-7-5-4-6-8-13/h4-10,14,16H,11-12H2,1-3H3,(H2,24,28)(H,25,29)(H,26,27). The Bertz CT molecular complexity index is 973. The van der Waals surface area contributed by atoms with Gasteiger partial charge in [0.25, 0.3) is 0 Å². The average molecular weight is 448 g/mol. The second-order valence-electron chi connectivity index (χ2n) is 8.59. The van der Waals surface area contributed by atoms with E-state index < -0.39 is 40.9 Å². The zero-order valence-corrected chi connectivity index (χ0v) is 18.4. The Kier molecular flexibility index (Phi) is 6.35. The van der Waals surface area contributed by atoms with Gasteiger partial charge in [-0.05, 0) is 44.2 Å². The number of carbonyl (C=O) groups is 3.